The number of nitrogens with zero attached hydrogens (tertiary/aromatic N) is 6. The molecule has 8 heteroatoms. The molecule has 0 saturated carbocycles. The Hall–Kier alpha value is -2.32. The number of hydrogen-bond acceptors (Lipinski definition) is 7. The third-order valence-electron chi connectivity index (χ3n) is 4.54. The zero-order valence-electron chi connectivity index (χ0n) is 13.9. The number of rotatable bonds is 4. The summed E-state index contributed by atoms with van der Waals surface area (Å²) >= 11 is 0. The molecule has 0 aromatic carbocycles. The van der Waals surface area contributed by atoms with Crippen LogP contribution in [0.3, 0.4) is 0 Å². The number of aromatic nitrogens is 5. The smallest absolute Gasteiger partial charge is 0.243 e. The number of fused-ring (bicyclic) bond motifs is 1. The van der Waals surface area contributed by atoms with E-state index in [0.29, 0.717) is 11.7 Å². The molecule has 0 radical (unpaired) electrons. The Morgan fingerprint density at radius 2 is 2.08 bits per heavy atom. The monoisotopic (exact) mass is 327 g/mol. The fourth-order valence-electron chi connectivity index (χ4n) is 3.13. The highest BCUT2D eigenvalue weighted by molar-refractivity contribution is 5.69. The second-order valence-electron chi connectivity index (χ2n) is 6.23. The summed E-state index contributed by atoms with van der Waals surface area (Å²) in [6, 6.07) is 4.08. The van der Waals surface area contributed by atoms with Gasteiger partial charge in [-0.1, -0.05) is 5.16 Å². The van der Waals surface area contributed by atoms with E-state index in [2.05, 4.69) is 41.8 Å². The van der Waals surface area contributed by atoms with Gasteiger partial charge in [0.15, 0.2) is 11.5 Å². The highest BCUT2D eigenvalue weighted by atomic mass is 16.5. The van der Waals surface area contributed by atoms with Gasteiger partial charge < -0.3 is 9.51 Å². The zero-order chi connectivity index (χ0) is 16.5. The van der Waals surface area contributed by atoms with Gasteiger partial charge in [0.2, 0.25) is 5.89 Å². The van der Waals surface area contributed by atoms with Gasteiger partial charge in [-0.05, 0) is 26.0 Å². The van der Waals surface area contributed by atoms with E-state index in [-0.39, 0.29) is 6.04 Å². The van der Waals surface area contributed by atoms with E-state index in [4.69, 9.17) is 4.52 Å². The summed E-state index contributed by atoms with van der Waals surface area (Å²) in [6.07, 6.45) is 1.77. The minimum absolute atomic E-state index is 0.156. The van der Waals surface area contributed by atoms with E-state index in [1.807, 2.05) is 19.1 Å². The first-order chi connectivity index (χ1) is 11.7. The number of piperazine rings is 1. The van der Waals surface area contributed by atoms with Crippen molar-refractivity contribution in [2.45, 2.75) is 26.4 Å². The normalized spacial score (nSPS) is 18.2. The predicted molar refractivity (Wildman–Crippen MR) is 88.2 cm³/mol. The van der Waals surface area contributed by atoms with Crippen LogP contribution < -0.4 is 0 Å². The Kier molecular flexibility index (Phi) is 3.99. The van der Waals surface area contributed by atoms with Gasteiger partial charge in [-0.3, -0.25) is 9.80 Å². The summed E-state index contributed by atoms with van der Waals surface area (Å²) in [5.41, 5.74) is 1.78. The lowest BCUT2D eigenvalue weighted by molar-refractivity contribution is 0.0833. The van der Waals surface area contributed by atoms with Gasteiger partial charge in [-0.15, -0.1) is 0 Å². The first kappa shape index (κ1) is 15.2. The minimum Gasteiger partial charge on any atom is -0.340 e. The Labute approximate surface area is 139 Å². The van der Waals surface area contributed by atoms with Crippen LogP contribution in [0.15, 0.2) is 22.9 Å². The molecule has 3 aromatic heterocycles. The summed E-state index contributed by atoms with van der Waals surface area (Å²) in [4.78, 5) is 21.3. The van der Waals surface area contributed by atoms with Crippen LogP contribution in [0.2, 0.25) is 0 Å². The second-order valence-corrected chi connectivity index (χ2v) is 6.23. The Morgan fingerprint density at radius 3 is 2.79 bits per heavy atom. The number of aromatic amines is 1. The standard InChI is InChI=1S/C16H21N7O/c1-11(16-18-12(2)21-24-16)23-8-6-22(7-9-23)10-14-19-13-4-3-5-17-15(13)20-14/h3-5,11H,6-10H2,1-2H3,(H,17,19,20). The van der Waals surface area contributed by atoms with Crippen LogP contribution in [0, 0.1) is 6.92 Å². The molecule has 4 heterocycles. The lowest BCUT2D eigenvalue weighted by Gasteiger charge is -2.36. The van der Waals surface area contributed by atoms with Crippen LogP contribution in [0.5, 0.6) is 0 Å². The van der Waals surface area contributed by atoms with Gasteiger partial charge in [0.25, 0.3) is 0 Å². The molecule has 1 unspecified atom stereocenters. The molecule has 126 valence electrons. The second kappa shape index (κ2) is 6.29. The van der Waals surface area contributed by atoms with Crippen LogP contribution in [0.25, 0.3) is 11.2 Å². The van der Waals surface area contributed by atoms with E-state index >= 15 is 0 Å². The molecule has 4 rings (SSSR count). The molecule has 0 bridgehead atoms. The van der Waals surface area contributed by atoms with Crippen molar-refractivity contribution in [3.8, 4) is 0 Å². The van der Waals surface area contributed by atoms with Crippen molar-refractivity contribution >= 4 is 11.2 Å². The number of aryl methyl sites for hydroxylation is 1. The van der Waals surface area contributed by atoms with Gasteiger partial charge in [0.1, 0.15) is 5.82 Å². The summed E-state index contributed by atoms with van der Waals surface area (Å²) in [6.45, 7) is 8.71. The van der Waals surface area contributed by atoms with Crippen LogP contribution in [-0.2, 0) is 6.54 Å². The van der Waals surface area contributed by atoms with Gasteiger partial charge in [0, 0.05) is 32.4 Å². The summed E-state index contributed by atoms with van der Waals surface area (Å²) in [7, 11) is 0. The van der Waals surface area contributed by atoms with Crippen molar-refractivity contribution in [1.29, 1.82) is 0 Å². The molecule has 3 aromatic rings. The third kappa shape index (κ3) is 3.02. The fourth-order valence-corrected chi connectivity index (χ4v) is 3.13. The first-order valence-electron chi connectivity index (χ1n) is 8.25. The SMILES string of the molecule is Cc1noc(C(C)N2CCN(Cc3nc4ncccc4[nH]3)CC2)n1. The Morgan fingerprint density at radius 1 is 1.25 bits per heavy atom. The molecule has 0 aliphatic carbocycles. The maximum Gasteiger partial charge on any atom is 0.243 e. The molecule has 1 saturated heterocycles. The summed E-state index contributed by atoms with van der Waals surface area (Å²) in [5, 5.41) is 3.88. The molecule has 1 N–H and O–H groups in total. The first-order valence-corrected chi connectivity index (χ1v) is 8.25. The molecule has 1 atom stereocenters. The molecule has 1 fully saturated rings. The number of imidazole rings is 1. The Bertz CT molecular complexity index is 786. The average molecular weight is 327 g/mol. The molecular weight excluding hydrogens is 306 g/mol. The lowest BCUT2D eigenvalue weighted by atomic mass is 10.2. The molecule has 24 heavy (non-hydrogen) atoms. The fraction of sp³-hybridized carbons (Fsp3) is 0.500. The van der Waals surface area contributed by atoms with Crippen LogP contribution >= 0.6 is 0 Å². The molecule has 0 spiro atoms. The summed E-state index contributed by atoms with van der Waals surface area (Å²) in [5.74, 6) is 2.36. The van der Waals surface area contributed by atoms with E-state index < -0.39 is 0 Å². The number of pyridine rings is 1. The molecule has 8 nitrogen and oxygen atoms in total. The maximum atomic E-state index is 5.30. The van der Waals surface area contributed by atoms with Gasteiger partial charge in [-0.25, -0.2) is 9.97 Å². The lowest BCUT2D eigenvalue weighted by Crippen LogP contribution is -2.46. The van der Waals surface area contributed by atoms with Crippen molar-refractivity contribution in [2.24, 2.45) is 0 Å². The number of hydrogen-bond donors (Lipinski definition) is 1. The van der Waals surface area contributed by atoms with Crippen molar-refractivity contribution < 1.29 is 4.52 Å². The van der Waals surface area contributed by atoms with E-state index in [1.54, 1.807) is 6.20 Å². The quantitative estimate of drug-likeness (QED) is 0.777. The minimum atomic E-state index is 0.156. The van der Waals surface area contributed by atoms with Crippen LogP contribution in [-0.4, -0.2) is 61.1 Å². The zero-order valence-corrected chi connectivity index (χ0v) is 13.9. The van der Waals surface area contributed by atoms with Crippen molar-refractivity contribution in [3.63, 3.8) is 0 Å². The maximum absolute atomic E-state index is 5.30. The highest BCUT2D eigenvalue weighted by Crippen LogP contribution is 2.20. The van der Waals surface area contributed by atoms with Crippen molar-refractivity contribution in [3.05, 3.63) is 35.9 Å². The van der Waals surface area contributed by atoms with Crippen LogP contribution in [0.4, 0.5) is 0 Å². The van der Waals surface area contributed by atoms with E-state index in [0.717, 1.165) is 49.7 Å². The number of H-pyrrole nitrogens is 1. The van der Waals surface area contributed by atoms with Gasteiger partial charge in [0.05, 0.1) is 18.1 Å². The van der Waals surface area contributed by atoms with Gasteiger partial charge >= 0.3 is 0 Å². The van der Waals surface area contributed by atoms with E-state index in [1.165, 1.54) is 0 Å². The van der Waals surface area contributed by atoms with Crippen molar-refractivity contribution in [1.82, 2.24) is 34.9 Å². The third-order valence-corrected chi connectivity index (χ3v) is 4.54. The number of nitrogens with one attached hydrogen (secondary N) is 1. The molecular formula is C16H21N7O. The van der Waals surface area contributed by atoms with Gasteiger partial charge in [-0.2, -0.15) is 4.98 Å². The average Bonchev–Trinajstić information content (AvgIpc) is 3.20. The Balaban J connectivity index is 1.35. The van der Waals surface area contributed by atoms with Crippen molar-refractivity contribution in [2.75, 3.05) is 26.2 Å². The highest BCUT2D eigenvalue weighted by Gasteiger charge is 2.25. The predicted octanol–water partition coefficient (Wildman–Crippen LogP) is 1.53. The molecule has 1 aliphatic heterocycles. The molecule has 0 amide bonds. The van der Waals surface area contributed by atoms with E-state index in [9.17, 15) is 0 Å². The largest absolute Gasteiger partial charge is 0.340 e. The summed E-state index contributed by atoms with van der Waals surface area (Å²) < 4.78 is 5.30. The topological polar surface area (TPSA) is 87.0 Å². The van der Waals surface area contributed by atoms with Crippen LogP contribution in [0.1, 0.15) is 30.5 Å². The molecule has 1 aliphatic rings.